The van der Waals surface area contributed by atoms with Crippen LogP contribution in [0, 0.1) is 5.41 Å². The minimum absolute atomic E-state index is 0.192. The fourth-order valence-corrected chi connectivity index (χ4v) is 6.15. The average Bonchev–Trinajstić information content (AvgIpc) is 3.37. The van der Waals surface area contributed by atoms with E-state index in [9.17, 15) is 13.2 Å². The Labute approximate surface area is 178 Å². The second-order valence-corrected chi connectivity index (χ2v) is 11.2. The first-order valence-electron chi connectivity index (χ1n) is 10.4. The monoisotopic (exact) mass is 431 g/mol. The van der Waals surface area contributed by atoms with Crippen molar-refractivity contribution in [3.63, 3.8) is 0 Å². The van der Waals surface area contributed by atoms with Crippen LogP contribution in [0.3, 0.4) is 0 Å². The maximum Gasteiger partial charge on any atom is 0.410 e. The highest BCUT2D eigenvalue weighted by Gasteiger charge is 2.59. The maximum atomic E-state index is 13.5. The molecule has 0 radical (unpaired) electrons. The van der Waals surface area contributed by atoms with Gasteiger partial charge in [-0.25, -0.2) is 13.2 Å². The van der Waals surface area contributed by atoms with Crippen molar-refractivity contribution in [2.75, 3.05) is 19.6 Å². The van der Waals surface area contributed by atoms with Gasteiger partial charge >= 0.3 is 6.09 Å². The molecule has 4 rings (SSSR count). The molecular weight excluding hydrogens is 402 g/mol. The first kappa shape index (κ1) is 21.1. The first-order chi connectivity index (χ1) is 14.1. The van der Waals surface area contributed by atoms with Gasteiger partial charge in [0.15, 0.2) is 0 Å². The molecule has 0 bridgehead atoms. The lowest BCUT2D eigenvalue weighted by atomic mass is 10.0. The predicted molar refractivity (Wildman–Crippen MR) is 115 cm³/mol. The number of hydrogen-bond acceptors (Lipinski definition) is 5. The summed E-state index contributed by atoms with van der Waals surface area (Å²) in [5.41, 5.74) is -0.615. The lowest BCUT2D eigenvalue weighted by Gasteiger charge is -2.35. The molecule has 162 valence electrons. The summed E-state index contributed by atoms with van der Waals surface area (Å²) in [7, 11) is -3.72. The molecule has 30 heavy (non-hydrogen) atoms. The standard InChI is InChI=1S/C22H29N3O4S/c1-5-25(21(2,3)4)20(26)29-19-14-24(15-22(19)10-11-22)30(27,28)18-8-6-7-16-13-23-12-9-17(16)18/h6-9,12-13,19H,5,10-11,14-15H2,1-4H3. The topological polar surface area (TPSA) is 79.8 Å². The fourth-order valence-electron chi connectivity index (χ4n) is 4.40. The number of hydrogen-bond donors (Lipinski definition) is 0. The Morgan fingerprint density at radius 3 is 2.67 bits per heavy atom. The molecule has 8 heteroatoms. The number of nitrogens with zero attached hydrogens (tertiary/aromatic N) is 3. The van der Waals surface area contributed by atoms with E-state index in [-0.39, 0.29) is 28.5 Å². The molecule has 1 atom stereocenters. The summed E-state index contributed by atoms with van der Waals surface area (Å²) in [6.07, 6.45) is 4.21. The van der Waals surface area contributed by atoms with Crippen molar-refractivity contribution < 1.29 is 17.9 Å². The Morgan fingerprint density at radius 2 is 2.03 bits per heavy atom. The second kappa shape index (κ2) is 7.20. The van der Waals surface area contributed by atoms with Crippen molar-refractivity contribution in [2.45, 2.75) is 57.1 Å². The van der Waals surface area contributed by atoms with Crippen LogP contribution in [0.2, 0.25) is 0 Å². The zero-order valence-electron chi connectivity index (χ0n) is 18.0. The van der Waals surface area contributed by atoms with Gasteiger partial charge in [0.1, 0.15) is 6.10 Å². The summed E-state index contributed by atoms with van der Waals surface area (Å²) < 4.78 is 34.4. The normalized spacial score (nSPS) is 21.1. The van der Waals surface area contributed by atoms with Gasteiger partial charge in [0.05, 0.1) is 11.4 Å². The Morgan fingerprint density at radius 1 is 1.30 bits per heavy atom. The van der Waals surface area contributed by atoms with Gasteiger partial charge in [0.25, 0.3) is 0 Å². The van der Waals surface area contributed by atoms with Crippen molar-refractivity contribution in [1.29, 1.82) is 0 Å². The van der Waals surface area contributed by atoms with Gasteiger partial charge in [0, 0.05) is 47.2 Å². The molecule has 1 aromatic carbocycles. The van der Waals surface area contributed by atoms with Crippen LogP contribution in [-0.2, 0) is 14.8 Å². The quantitative estimate of drug-likeness (QED) is 0.738. The van der Waals surface area contributed by atoms with E-state index in [1.165, 1.54) is 4.31 Å². The van der Waals surface area contributed by atoms with Gasteiger partial charge in [0.2, 0.25) is 10.0 Å². The molecule has 2 fully saturated rings. The van der Waals surface area contributed by atoms with Crippen LogP contribution in [0.1, 0.15) is 40.5 Å². The van der Waals surface area contributed by atoms with Crippen LogP contribution >= 0.6 is 0 Å². The lowest BCUT2D eigenvalue weighted by molar-refractivity contribution is 0.0259. The van der Waals surface area contributed by atoms with E-state index in [4.69, 9.17) is 4.74 Å². The van der Waals surface area contributed by atoms with Crippen LogP contribution < -0.4 is 0 Å². The molecule has 1 saturated carbocycles. The number of fused-ring (bicyclic) bond motifs is 1. The highest BCUT2D eigenvalue weighted by molar-refractivity contribution is 7.89. The van der Waals surface area contributed by atoms with E-state index in [0.29, 0.717) is 18.5 Å². The lowest BCUT2D eigenvalue weighted by Crippen LogP contribution is -2.47. The number of benzene rings is 1. The molecule has 2 heterocycles. The van der Waals surface area contributed by atoms with Gasteiger partial charge in [-0.3, -0.25) is 4.98 Å². The van der Waals surface area contributed by atoms with Crippen molar-refractivity contribution in [2.24, 2.45) is 5.41 Å². The number of aromatic nitrogens is 1. The first-order valence-corrected chi connectivity index (χ1v) is 11.8. The summed E-state index contributed by atoms with van der Waals surface area (Å²) >= 11 is 0. The molecule has 1 spiro atoms. The highest BCUT2D eigenvalue weighted by atomic mass is 32.2. The number of rotatable bonds is 4. The summed E-state index contributed by atoms with van der Waals surface area (Å²) in [4.78, 5) is 18.9. The third-order valence-corrected chi connectivity index (χ3v) is 8.15. The van der Waals surface area contributed by atoms with Crippen molar-refractivity contribution in [3.05, 3.63) is 36.7 Å². The maximum absolute atomic E-state index is 13.5. The van der Waals surface area contributed by atoms with Crippen molar-refractivity contribution in [1.82, 2.24) is 14.2 Å². The van der Waals surface area contributed by atoms with E-state index in [1.54, 1.807) is 35.5 Å². The highest BCUT2D eigenvalue weighted by Crippen LogP contribution is 2.55. The Kier molecular flexibility index (Phi) is 5.05. The molecule has 1 amide bonds. The van der Waals surface area contributed by atoms with Gasteiger partial charge < -0.3 is 9.64 Å². The summed E-state index contributed by atoms with van der Waals surface area (Å²) in [5.74, 6) is 0. The van der Waals surface area contributed by atoms with Crippen LogP contribution in [0.25, 0.3) is 10.8 Å². The van der Waals surface area contributed by atoms with E-state index >= 15 is 0 Å². The van der Waals surface area contributed by atoms with E-state index < -0.39 is 16.1 Å². The number of sulfonamides is 1. The van der Waals surface area contributed by atoms with Crippen LogP contribution in [0.4, 0.5) is 4.79 Å². The molecule has 2 aliphatic rings. The Balaban J connectivity index is 1.59. The van der Waals surface area contributed by atoms with Crippen molar-refractivity contribution in [3.8, 4) is 0 Å². The summed E-state index contributed by atoms with van der Waals surface area (Å²) in [6, 6.07) is 6.95. The third kappa shape index (κ3) is 3.56. The van der Waals surface area contributed by atoms with E-state index in [1.807, 2.05) is 33.8 Å². The van der Waals surface area contributed by atoms with Crippen LogP contribution in [0.15, 0.2) is 41.6 Å². The largest absolute Gasteiger partial charge is 0.444 e. The van der Waals surface area contributed by atoms with Crippen LogP contribution in [-0.4, -0.2) is 60.0 Å². The Hall–Kier alpha value is -2.19. The van der Waals surface area contributed by atoms with Gasteiger partial charge in [-0.2, -0.15) is 4.31 Å². The number of carbonyl (C=O) groups excluding carboxylic acids is 1. The van der Waals surface area contributed by atoms with Crippen LogP contribution in [0.5, 0.6) is 0 Å². The molecule has 1 aromatic heterocycles. The number of ether oxygens (including phenoxy) is 1. The third-order valence-electron chi connectivity index (χ3n) is 6.28. The van der Waals surface area contributed by atoms with Crippen molar-refractivity contribution >= 4 is 26.9 Å². The molecule has 2 aromatic rings. The zero-order valence-corrected chi connectivity index (χ0v) is 18.8. The molecule has 0 N–H and O–H groups in total. The molecule has 1 aliphatic heterocycles. The number of pyridine rings is 1. The fraction of sp³-hybridized carbons (Fsp3) is 0.545. The molecule has 1 aliphatic carbocycles. The Bertz CT molecular complexity index is 1070. The average molecular weight is 432 g/mol. The zero-order chi connectivity index (χ0) is 21.7. The molecule has 1 saturated heterocycles. The molecular formula is C22H29N3O4S. The number of carbonyl (C=O) groups is 1. The summed E-state index contributed by atoms with van der Waals surface area (Å²) in [6.45, 7) is 8.92. The minimum atomic E-state index is -3.72. The molecule has 7 nitrogen and oxygen atoms in total. The van der Waals surface area contributed by atoms with E-state index in [0.717, 1.165) is 18.2 Å². The minimum Gasteiger partial charge on any atom is -0.444 e. The van der Waals surface area contributed by atoms with Gasteiger partial charge in [-0.05, 0) is 52.7 Å². The van der Waals surface area contributed by atoms with Gasteiger partial charge in [-0.1, -0.05) is 12.1 Å². The van der Waals surface area contributed by atoms with E-state index in [2.05, 4.69) is 4.98 Å². The number of amides is 1. The SMILES string of the molecule is CCN(C(=O)OC1CN(S(=O)(=O)c2cccc3cnccc23)CC12CC2)C(C)(C)C. The summed E-state index contributed by atoms with van der Waals surface area (Å²) in [5, 5.41) is 1.44. The smallest absolute Gasteiger partial charge is 0.410 e. The second-order valence-electron chi connectivity index (χ2n) is 9.30. The molecule has 1 unspecified atom stereocenters. The predicted octanol–water partition coefficient (Wildman–Crippen LogP) is 3.64. The van der Waals surface area contributed by atoms with Gasteiger partial charge in [-0.15, -0.1) is 0 Å².